The van der Waals surface area contributed by atoms with E-state index in [1.165, 1.54) is 18.2 Å². The summed E-state index contributed by atoms with van der Waals surface area (Å²) in [5, 5.41) is 19.1. The van der Waals surface area contributed by atoms with Gasteiger partial charge in [0, 0.05) is 12.6 Å². The van der Waals surface area contributed by atoms with Crippen molar-refractivity contribution in [3.8, 4) is 6.07 Å². The molecule has 2 aromatic rings. The third kappa shape index (κ3) is 4.85. The second kappa shape index (κ2) is 9.46. The van der Waals surface area contributed by atoms with Crippen molar-refractivity contribution in [3.63, 3.8) is 0 Å². The smallest absolute Gasteiger partial charge is 0.335 e. The number of hydrogen-bond acceptors (Lipinski definition) is 5. The number of nitrogens with zero attached hydrogens (tertiary/aromatic N) is 2. The molecule has 1 atom stereocenters. The van der Waals surface area contributed by atoms with Gasteiger partial charge < -0.3 is 10.0 Å². The summed E-state index contributed by atoms with van der Waals surface area (Å²) in [5.41, 5.74) is 1.34. The molecule has 2 aromatic carbocycles. The van der Waals surface area contributed by atoms with Gasteiger partial charge in [0.2, 0.25) is 0 Å². The van der Waals surface area contributed by atoms with Crippen molar-refractivity contribution >= 4 is 45.0 Å². The Balaban J connectivity index is 1.91. The number of sulfonamides is 1. The molecule has 0 amide bonds. The van der Waals surface area contributed by atoms with Crippen LogP contribution >= 0.6 is 11.6 Å². The Morgan fingerprint density at radius 1 is 1.18 bits per heavy atom. The Morgan fingerprint density at radius 2 is 1.97 bits per heavy atom. The van der Waals surface area contributed by atoms with Gasteiger partial charge >= 0.3 is 5.97 Å². The first-order valence-electron chi connectivity index (χ1n) is 10.9. The topological polar surface area (TPSA) is 110 Å². The molecule has 2 aliphatic heterocycles. The minimum absolute atomic E-state index is 0.123. The molecule has 2 N–H and O–H groups in total. The summed E-state index contributed by atoms with van der Waals surface area (Å²) < 4.78 is 29.6. The highest BCUT2D eigenvalue weighted by Crippen LogP contribution is 2.38. The van der Waals surface area contributed by atoms with Gasteiger partial charge in [-0.1, -0.05) is 29.8 Å². The highest BCUT2D eigenvalue weighted by atomic mass is 35.5. The van der Waals surface area contributed by atoms with Crippen molar-refractivity contribution in [2.75, 3.05) is 16.2 Å². The van der Waals surface area contributed by atoms with Crippen LogP contribution in [0.5, 0.6) is 0 Å². The maximum absolute atomic E-state index is 13.5. The number of benzene rings is 2. The van der Waals surface area contributed by atoms with E-state index in [1.807, 2.05) is 12.1 Å². The Hall–Kier alpha value is -3.02. The molecule has 0 radical (unpaired) electrons. The number of fused-ring (bicyclic) bond motifs is 4. The Kier molecular flexibility index (Phi) is 6.63. The number of halogens is 1. The normalized spacial score (nSPS) is 20.8. The molecule has 0 saturated carbocycles. The summed E-state index contributed by atoms with van der Waals surface area (Å²) in [6.45, 7) is 0.761. The van der Waals surface area contributed by atoms with Gasteiger partial charge in [0.25, 0.3) is 10.0 Å². The van der Waals surface area contributed by atoms with E-state index in [9.17, 15) is 23.6 Å². The fourth-order valence-electron chi connectivity index (χ4n) is 4.50. The minimum atomic E-state index is -4.17. The Morgan fingerprint density at radius 3 is 2.73 bits per heavy atom. The zero-order chi connectivity index (χ0) is 23.6. The number of carboxylic acid groups (broad SMARTS) is 1. The van der Waals surface area contributed by atoms with E-state index >= 15 is 0 Å². The second-order valence-corrected chi connectivity index (χ2v) is 10.4. The molecule has 172 valence electrons. The quantitative estimate of drug-likeness (QED) is 0.569. The number of nitriles is 1. The third-order valence-corrected chi connectivity index (χ3v) is 7.88. The summed E-state index contributed by atoms with van der Waals surface area (Å²) in [7, 11) is -4.17. The lowest BCUT2D eigenvalue weighted by Gasteiger charge is -2.39. The van der Waals surface area contributed by atoms with E-state index in [0.717, 1.165) is 51.1 Å². The number of nitrogens with one attached hydrogen (secondary N) is 1. The van der Waals surface area contributed by atoms with Gasteiger partial charge in [-0.25, -0.2) is 13.2 Å². The monoisotopic (exact) mass is 485 g/mol. The zero-order valence-electron chi connectivity index (χ0n) is 17.9. The Labute approximate surface area is 198 Å². The van der Waals surface area contributed by atoms with Crippen LogP contribution in [0.1, 0.15) is 60.0 Å². The molecule has 7 nitrogen and oxygen atoms in total. The van der Waals surface area contributed by atoms with Crippen molar-refractivity contribution in [2.24, 2.45) is 0 Å². The van der Waals surface area contributed by atoms with Crippen molar-refractivity contribution in [1.29, 1.82) is 5.26 Å². The van der Waals surface area contributed by atoms with Crippen LogP contribution in [-0.4, -0.2) is 32.1 Å². The fraction of sp³-hybridized carbons (Fsp3) is 0.333. The van der Waals surface area contributed by atoms with Crippen LogP contribution in [0.15, 0.2) is 41.3 Å². The van der Waals surface area contributed by atoms with Crippen LogP contribution in [0.4, 0.5) is 11.4 Å². The zero-order valence-corrected chi connectivity index (χ0v) is 19.5. The molecule has 0 spiro atoms. The number of aromatic carboxylic acids is 1. The largest absolute Gasteiger partial charge is 0.478 e. The van der Waals surface area contributed by atoms with Gasteiger partial charge in [0.15, 0.2) is 0 Å². The lowest BCUT2D eigenvalue weighted by molar-refractivity contribution is 0.0696. The average molecular weight is 486 g/mol. The molecule has 0 bridgehead atoms. The van der Waals surface area contributed by atoms with Crippen LogP contribution in [0, 0.1) is 11.3 Å². The van der Waals surface area contributed by atoms with Crippen molar-refractivity contribution < 1.29 is 18.3 Å². The summed E-state index contributed by atoms with van der Waals surface area (Å²) >= 11 is 6.35. The molecule has 2 heterocycles. The van der Waals surface area contributed by atoms with Crippen molar-refractivity contribution in [1.82, 2.24) is 0 Å². The molecule has 33 heavy (non-hydrogen) atoms. The number of allylic oxidation sites excluding steroid dienone is 1. The lowest BCUT2D eigenvalue weighted by atomic mass is 9.95. The van der Waals surface area contributed by atoms with Crippen LogP contribution in [0.2, 0.25) is 5.02 Å². The third-order valence-electron chi connectivity index (χ3n) is 6.14. The number of carbonyl (C=O) groups is 1. The highest BCUT2D eigenvalue weighted by Gasteiger charge is 2.28. The number of carboxylic acids is 1. The summed E-state index contributed by atoms with van der Waals surface area (Å²) in [6.07, 6.45) is 9.38. The number of anilines is 2. The van der Waals surface area contributed by atoms with Crippen LogP contribution in [0.3, 0.4) is 0 Å². The van der Waals surface area contributed by atoms with Gasteiger partial charge in [0.05, 0.1) is 32.4 Å². The predicted molar refractivity (Wildman–Crippen MR) is 128 cm³/mol. The van der Waals surface area contributed by atoms with Gasteiger partial charge in [-0.05, 0) is 68.4 Å². The molecule has 0 unspecified atom stereocenters. The molecule has 4 rings (SSSR count). The van der Waals surface area contributed by atoms with E-state index < -0.39 is 16.0 Å². The number of rotatable bonds is 1. The van der Waals surface area contributed by atoms with Crippen LogP contribution in [0.25, 0.3) is 6.08 Å². The SMILES string of the molecule is N#Cc1cc2c(cc1Cl)N1CCCC[C@H]1CCC/C=C/c1ccc(C(=O)O)cc1S(=O)(=O)N2. The van der Waals surface area contributed by atoms with E-state index in [2.05, 4.69) is 9.62 Å². The molecular weight excluding hydrogens is 462 g/mol. The second-order valence-electron chi connectivity index (χ2n) is 8.30. The number of piperidine rings is 1. The molecule has 1 fully saturated rings. The van der Waals surface area contributed by atoms with Gasteiger partial charge in [-0.3, -0.25) is 4.72 Å². The molecular formula is C24H24ClN3O4S. The van der Waals surface area contributed by atoms with Crippen molar-refractivity contribution in [3.05, 3.63) is 58.1 Å². The molecule has 2 aliphatic rings. The van der Waals surface area contributed by atoms with E-state index in [-0.39, 0.29) is 32.8 Å². The minimum Gasteiger partial charge on any atom is -0.478 e. The molecule has 9 heteroatoms. The molecule has 0 aromatic heterocycles. The number of hydrogen-bond donors (Lipinski definition) is 2. The maximum atomic E-state index is 13.5. The first kappa shape index (κ1) is 23.1. The summed E-state index contributed by atoms with van der Waals surface area (Å²) in [4.78, 5) is 13.6. The van der Waals surface area contributed by atoms with Crippen LogP contribution in [-0.2, 0) is 10.0 Å². The maximum Gasteiger partial charge on any atom is 0.335 e. The predicted octanol–water partition coefficient (Wildman–Crippen LogP) is 5.27. The lowest BCUT2D eigenvalue weighted by Crippen LogP contribution is -2.40. The van der Waals surface area contributed by atoms with E-state index in [4.69, 9.17) is 11.6 Å². The van der Waals surface area contributed by atoms with E-state index in [0.29, 0.717) is 11.3 Å². The summed E-state index contributed by atoms with van der Waals surface area (Å²) in [5.74, 6) is -1.21. The Bertz CT molecular complexity index is 1270. The van der Waals surface area contributed by atoms with Gasteiger partial charge in [-0.15, -0.1) is 0 Å². The fourth-order valence-corrected chi connectivity index (χ4v) is 6.00. The highest BCUT2D eigenvalue weighted by molar-refractivity contribution is 7.92. The van der Waals surface area contributed by atoms with E-state index in [1.54, 1.807) is 12.1 Å². The molecule has 1 saturated heterocycles. The van der Waals surface area contributed by atoms with Gasteiger partial charge in [-0.2, -0.15) is 5.26 Å². The average Bonchev–Trinajstić information content (AvgIpc) is 2.80. The van der Waals surface area contributed by atoms with Crippen molar-refractivity contribution in [2.45, 2.75) is 49.5 Å². The first-order valence-corrected chi connectivity index (χ1v) is 12.7. The standard InChI is InChI=1S/C24H24ClN3O4S/c25-20-14-22-21(12-18(20)15-26)27-33(31,32)23-13-17(24(29)30)10-9-16(23)6-2-1-3-7-19-8-4-5-11-28(19)22/h2,6,9-10,12-14,19,27H,1,3-5,7-8,11H2,(H,29,30)/b6-2+/t19-/m1/s1. The first-order chi connectivity index (χ1) is 15.8. The molecule has 0 aliphatic carbocycles. The summed E-state index contributed by atoms with van der Waals surface area (Å²) in [6, 6.07) is 9.41. The van der Waals surface area contributed by atoms with Crippen LogP contribution < -0.4 is 9.62 Å². The van der Waals surface area contributed by atoms with Gasteiger partial charge in [0.1, 0.15) is 6.07 Å².